The van der Waals surface area contributed by atoms with Gasteiger partial charge in [-0.3, -0.25) is 0 Å². The number of hydrogen-bond donors (Lipinski definition) is 0. The first-order chi connectivity index (χ1) is 8.16. The van der Waals surface area contributed by atoms with Crippen molar-refractivity contribution in [3.63, 3.8) is 0 Å². The maximum atomic E-state index is 6.42. The lowest BCUT2D eigenvalue weighted by molar-refractivity contribution is 0.708. The van der Waals surface area contributed by atoms with Crippen molar-refractivity contribution in [2.75, 3.05) is 0 Å². The third-order valence-corrected chi connectivity index (χ3v) is 4.07. The predicted octanol–water partition coefficient (Wildman–Crippen LogP) is 4.00. The summed E-state index contributed by atoms with van der Waals surface area (Å²) in [6, 6.07) is 1.89. The van der Waals surface area contributed by atoms with Crippen LogP contribution in [-0.2, 0) is 0 Å². The van der Waals surface area contributed by atoms with Crippen molar-refractivity contribution in [1.29, 1.82) is 0 Å². The SMILES string of the molecule is Cc1cc2nc(Cl)c(C3CCCC3)c(Cl)n2n1. The van der Waals surface area contributed by atoms with E-state index in [0.717, 1.165) is 29.7 Å². The third-order valence-electron chi connectivity index (χ3n) is 3.42. The molecule has 0 aromatic carbocycles. The Balaban J connectivity index is 2.22. The van der Waals surface area contributed by atoms with Gasteiger partial charge >= 0.3 is 0 Å². The van der Waals surface area contributed by atoms with Gasteiger partial charge in [0.2, 0.25) is 0 Å². The van der Waals surface area contributed by atoms with Crippen LogP contribution in [0.4, 0.5) is 0 Å². The highest BCUT2D eigenvalue weighted by Crippen LogP contribution is 2.40. The lowest BCUT2D eigenvalue weighted by Crippen LogP contribution is -2.03. The minimum Gasteiger partial charge on any atom is -0.216 e. The summed E-state index contributed by atoms with van der Waals surface area (Å²) >= 11 is 12.7. The molecule has 17 heavy (non-hydrogen) atoms. The van der Waals surface area contributed by atoms with E-state index in [0.29, 0.717) is 16.2 Å². The Hall–Kier alpha value is -0.800. The number of aryl methyl sites for hydroxylation is 1. The van der Waals surface area contributed by atoms with Gasteiger partial charge in [-0.25, -0.2) is 9.50 Å². The van der Waals surface area contributed by atoms with Gasteiger partial charge in [0.15, 0.2) is 5.65 Å². The van der Waals surface area contributed by atoms with Gasteiger partial charge in [-0.05, 0) is 25.7 Å². The van der Waals surface area contributed by atoms with Crippen LogP contribution in [0.5, 0.6) is 0 Å². The highest BCUT2D eigenvalue weighted by atomic mass is 35.5. The minimum absolute atomic E-state index is 0.441. The minimum atomic E-state index is 0.441. The Morgan fingerprint density at radius 3 is 2.71 bits per heavy atom. The van der Waals surface area contributed by atoms with Crippen LogP contribution in [0.1, 0.15) is 42.9 Å². The number of fused-ring (bicyclic) bond motifs is 1. The number of aromatic nitrogens is 3. The Bertz CT molecular complexity index is 571. The first kappa shape index (κ1) is 11.3. The predicted molar refractivity (Wildman–Crippen MR) is 69.0 cm³/mol. The second-order valence-electron chi connectivity index (χ2n) is 4.64. The third kappa shape index (κ3) is 1.81. The second kappa shape index (κ2) is 4.14. The largest absolute Gasteiger partial charge is 0.216 e. The average molecular weight is 270 g/mol. The van der Waals surface area contributed by atoms with Crippen LogP contribution in [0.2, 0.25) is 10.3 Å². The molecule has 1 fully saturated rings. The van der Waals surface area contributed by atoms with Crippen molar-refractivity contribution in [2.24, 2.45) is 0 Å². The fourth-order valence-corrected chi connectivity index (χ4v) is 3.37. The molecule has 0 radical (unpaired) electrons. The summed E-state index contributed by atoms with van der Waals surface area (Å²) in [4.78, 5) is 4.38. The van der Waals surface area contributed by atoms with E-state index in [9.17, 15) is 0 Å². The summed E-state index contributed by atoms with van der Waals surface area (Å²) in [7, 11) is 0. The van der Waals surface area contributed by atoms with Crippen molar-refractivity contribution in [2.45, 2.75) is 38.5 Å². The molecule has 5 heteroatoms. The molecule has 0 atom stereocenters. The maximum Gasteiger partial charge on any atom is 0.158 e. The van der Waals surface area contributed by atoms with Gasteiger partial charge in [-0.1, -0.05) is 36.0 Å². The summed E-state index contributed by atoms with van der Waals surface area (Å²) in [5.41, 5.74) is 2.60. The molecule has 0 aliphatic heterocycles. The van der Waals surface area contributed by atoms with Crippen LogP contribution in [0.25, 0.3) is 5.65 Å². The van der Waals surface area contributed by atoms with Gasteiger partial charge in [-0.2, -0.15) is 5.10 Å². The number of nitrogens with zero attached hydrogens (tertiary/aromatic N) is 3. The molecule has 1 aliphatic carbocycles. The van der Waals surface area contributed by atoms with Crippen LogP contribution in [0.15, 0.2) is 6.07 Å². The Kier molecular flexibility index (Phi) is 2.75. The molecular weight excluding hydrogens is 257 g/mol. The van der Waals surface area contributed by atoms with Gasteiger partial charge < -0.3 is 0 Å². The first-order valence-corrected chi connectivity index (χ1v) is 6.63. The van der Waals surface area contributed by atoms with Crippen LogP contribution in [0, 0.1) is 6.92 Å². The van der Waals surface area contributed by atoms with Gasteiger partial charge in [0, 0.05) is 11.6 Å². The van der Waals surface area contributed by atoms with Crippen molar-refractivity contribution in [3.05, 3.63) is 27.6 Å². The molecule has 0 saturated heterocycles. The molecule has 0 bridgehead atoms. The molecule has 90 valence electrons. The fourth-order valence-electron chi connectivity index (χ4n) is 2.62. The molecule has 3 rings (SSSR count). The monoisotopic (exact) mass is 269 g/mol. The topological polar surface area (TPSA) is 30.2 Å². The molecule has 0 unspecified atom stereocenters. The lowest BCUT2D eigenvalue weighted by Gasteiger charge is -2.13. The molecule has 3 nitrogen and oxygen atoms in total. The molecule has 0 amide bonds. The van der Waals surface area contributed by atoms with E-state index in [1.807, 2.05) is 13.0 Å². The van der Waals surface area contributed by atoms with E-state index in [4.69, 9.17) is 23.2 Å². The summed E-state index contributed by atoms with van der Waals surface area (Å²) in [6.07, 6.45) is 4.78. The van der Waals surface area contributed by atoms with Crippen molar-refractivity contribution < 1.29 is 0 Å². The highest BCUT2D eigenvalue weighted by molar-refractivity contribution is 6.35. The molecule has 2 aromatic rings. The summed E-state index contributed by atoms with van der Waals surface area (Å²) in [6.45, 7) is 1.92. The number of halogens is 2. The van der Waals surface area contributed by atoms with Crippen LogP contribution in [-0.4, -0.2) is 14.6 Å². The Morgan fingerprint density at radius 2 is 2.00 bits per heavy atom. The van der Waals surface area contributed by atoms with E-state index in [1.54, 1.807) is 4.52 Å². The molecule has 0 spiro atoms. The normalized spacial score (nSPS) is 17.1. The molecule has 0 N–H and O–H groups in total. The Labute approximate surface area is 110 Å². The van der Waals surface area contributed by atoms with Crippen LogP contribution in [0.3, 0.4) is 0 Å². The molecule has 1 saturated carbocycles. The van der Waals surface area contributed by atoms with E-state index in [1.165, 1.54) is 12.8 Å². The summed E-state index contributed by atoms with van der Waals surface area (Å²) < 4.78 is 1.69. The number of rotatable bonds is 1. The zero-order valence-corrected chi connectivity index (χ0v) is 11.1. The van der Waals surface area contributed by atoms with E-state index >= 15 is 0 Å². The van der Waals surface area contributed by atoms with Gasteiger partial charge in [0.25, 0.3) is 0 Å². The molecular formula is C12H13Cl2N3. The zero-order valence-electron chi connectivity index (χ0n) is 9.58. The van der Waals surface area contributed by atoms with E-state index in [2.05, 4.69) is 10.1 Å². The quantitative estimate of drug-likeness (QED) is 0.733. The van der Waals surface area contributed by atoms with Crippen LogP contribution >= 0.6 is 23.2 Å². The first-order valence-electron chi connectivity index (χ1n) is 5.88. The Morgan fingerprint density at radius 1 is 1.29 bits per heavy atom. The van der Waals surface area contributed by atoms with Gasteiger partial charge in [0.05, 0.1) is 5.69 Å². The van der Waals surface area contributed by atoms with E-state index < -0.39 is 0 Å². The fraction of sp³-hybridized carbons (Fsp3) is 0.500. The van der Waals surface area contributed by atoms with Crippen molar-refractivity contribution in [3.8, 4) is 0 Å². The van der Waals surface area contributed by atoms with Crippen LogP contribution < -0.4 is 0 Å². The highest BCUT2D eigenvalue weighted by Gasteiger charge is 2.25. The standard InChI is InChI=1S/C12H13Cl2N3/c1-7-6-9-15-11(13)10(8-4-2-3-5-8)12(14)17(9)16-7/h6,8H,2-5H2,1H3. The zero-order chi connectivity index (χ0) is 12.0. The molecule has 2 aromatic heterocycles. The van der Waals surface area contributed by atoms with Gasteiger partial charge in [-0.15, -0.1) is 0 Å². The summed E-state index contributed by atoms with van der Waals surface area (Å²) in [5.74, 6) is 0.441. The molecule has 1 aliphatic rings. The smallest absolute Gasteiger partial charge is 0.158 e. The average Bonchev–Trinajstić information content (AvgIpc) is 2.87. The molecule has 2 heterocycles. The van der Waals surface area contributed by atoms with Gasteiger partial charge in [0.1, 0.15) is 10.3 Å². The summed E-state index contributed by atoms with van der Waals surface area (Å²) in [5, 5.41) is 5.51. The lowest BCUT2D eigenvalue weighted by atomic mass is 10.0. The maximum absolute atomic E-state index is 6.42. The van der Waals surface area contributed by atoms with Crippen molar-refractivity contribution in [1.82, 2.24) is 14.6 Å². The van der Waals surface area contributed by atoms with Crippen molar-refractivity contribution >= 4 is 28.8 Å². The number of hydrogen-bond acceptors (Lipinski definition) is 2. The second-order valence-corrected chi connectivity index (χ2v) is 5.36. The van der Waals surface area contributed by atoms with E-state index in [-0.39, 0.29) is 0 Å².